The van der Waals surface area contributed by atoms with E-state index in [-0.39, 0.29) is 30.6 Å². The number of allylic oxidation sites excluding steroid dienone is 1. The van der Waals surface area contributed by atoms with Crippen molar-refractivity contribution in [2.75, 3.05) is 19.7 Å². The number of amides is 2. The van der Waals surface area contributed by atoms with E-state index in [1.165, 1.54) is 16.7 Å². The molecule has 0 spiro atoms. The molecule has 4 aliphatic heterocycles. The number of aliphatic hydroxyl groups excluding tert-OH is 3. The lowest BCUT2D eigenvalue weighted by atomic mass is 9.85. The molecule has 13 nitrogen and oxygen atoms in total. The number of fused-ring (bicyclic) bond motifs is 3. The first-order chi connectivity index (χ1) is 19.5. The minimum atomic E-state index is -1.47. The van der Waals surface area contributed by atoms with E-state index in [0.29, 0.717) is 31.4 Å². The highest BCUT2D eigenvalue weighted by Gasteiger charge is 2.52. The van der Waals surface area contributed by atoms with Gasteiger partial charge in [-0.2, -0.15) is 0 Å². The van der Waals surface area contributed by atoms with E-state index in [2.05, 4.69) is 19.2 Å². The predicted molar refractivity (Wildman–Crippen MR) is 150 cm³/mol. The fourth-order valence-corrected chi connectivity index (χ4v) is 7.60. The molecule has 0 aliphatic carbocycles. The lowest BCUT2D eigenvalue weighted by Gasteiger charge is -2.44. The Hall–Kier alpha value is -1.94. The Morgan fingerprint density at radius 3 is 2.46 bits per heavy atom. The number of hydrogen-bond acceptors (Lipinski definition) is 10. The van der Waals surface area contributed by atoms with Crippen LogP contribution in [-0.4, -0.2) is 122 Å². The van der Waals surface area contributed by atoms with Crippen LogP contribution in [0.3, 0.4) is 0 Å². The van der Waals surface area contributed by atoms with E-state index >= 15 is 0 Å². The fourth-order valence-electron chi connectivity index (χ4n) is 6.38. The van der Waals surface area contributed by atoms with Gasteiger partial charge in [-0.1, -0.05) is 26.0 Å². The van der Waals surface area contributed by atoms with Crippen molar-refractivity contribution in [2.45, 2.75) is 99.2 Å². The molecule has 0 aromatic carbocycles. The van der Waals surface area contributed by atoms with Crippen molar-refractivity contribution < 1.29 is 49.4 Å². The van der Waals surface area contributed by atoms with Gasteiger partial charge < -0.3 is 46.1 Å². The van der Waals surface area contributed by atoms with Gasteiger partial charge in [-0.05, 0) is 43.9 Å². The first-order valence-corrected chi connectivity index (χ1v) is 15.2. The van der Waals surface area contributed by atoms with Crippen molar-refractivity contribution in [1.82, 2.24) is 10.2 Å². The van der Waals surface area contributed by atoms with E-state index in [0.717, 1.165) is 19.3 Å². The van der Waals surface area contributed by atoms with Crippen LogP contribution in [0.1, 0.15) is 46.0 Å². The topological polar surface area (TPSA) is 212 Å². The molecule has 3 saturated heterocycles. The number of thioether (sulfide) groups is 1. The van der Waals surface area contributed by atoms with E-state index in [4.69, 9.17) is 25.1 Å². The molecule has 0 aromatic heterocycles. The van der Waals surface area contributed by atoms with E-state index < -0.39 is 60.0 Å². The number of likely N-dealkylation sites (tertiary alicyclic amines) is 1. The third-order valence-electron chi connectivity index (χ3n) is 8.21. The van der Waals surface area contributed by atoms with Gasteiger partial charge in [0.05, 0.1) is 12.1 Å². The average Bonchev–Trinajstić information content (AvgIpc) is 3.17. The molecule has 41 heavy (non-hydrogen) atoms. The van der Waals surface area contributed by atoms with Gasteiger partial charge in [-0.25, -0.2) is 4.79 Å². The Kier molecular flexibility index (Phi) is 12.7. The quantitative estimate of drug-likeness (QED) is 0.166. The van der Waals surface area contributed by atoms with E-state index in [9.17, 15) is 30.0 Å². The number of rotatable bonds is 5. The van der Waals surface area contributed by atoms with Crippen LogP contribution < -0.4 is 11.1 Å². The van der Waals surface area contributed by atoms with Gasteiger partial charge in [0.2, 0.25) is 5.91 Å². The monoisotopic (exact) mass is 603 g/mol. The highest BCUT2D eigenvalue weighted by atomic mass is 32.2. The number of carbonyl (C=O) groups is 3. The van der Waals surface area contributed by atoms with Crippen LogP contribution in [0, 0.1) is 17.8 Å². The molecule has 4 rings (SSSR count). The summed E-state index contributed by atoms with van der Waals surface area (Å²) in [5, 5.41) is 51.6. The lowest BCUT2D eigenvalue weighted by Crippen LogP contribution is -2.64. The molecule has 234 valence electrons. The highest BCUT2D eigenvalue weighted by Crippen LogP contribution is 2.38. The number of hydrogen-bond donors (Lipinski definition) is 7. The van der Waals surface area contributed by atoms with Gasteiger partial charge in [0, 0.05) is 30.9 Å². The van der Waals surface area contributed by atoms with Gasteiger partial charge in [0.25, 0.3) is 6.47 Å². The molecule has 4 aliphatic rings. The van der Waals surface area contributed by atoms with Gasteiger partial charge >= 0.3 is 6.09 Å². The molecule has 11 atom stereocenters. The summed E-state index contributed by atoms with van der Waals surface area (Å²) in [6.07, 6.45) is 0.430. The third kappa shape index (κ3) is 8.33. The number of aliphatic hydroxyl groups is 3. The Balaban J connectivity index is 0.00000147. The van der Waals surface area contributed by atoms with E-state index in [1.807, 2.05) is 12.2 Å². The number of carboxylic acid groups (broad SMARTS) is 2. The number of carbonyl (C=O) groups excluding carboxylic acids is 1. The van der Waals surface area contributed by atoms with Crippen LogP contribution in [0.5, 0.6) is 0 Å². The molecule has 2 bridgehead atoms. The van der Waals surface area contributed by atoms with Crippen LogP contribution in [0.2, 0.25) is 0 Å². The van der Waals surface area contributed by atoms with Crippen molar-refractivity contribution in [3.8, 4) is 0 Å². The van der Waals surface area contributed by atoms with Crippen LogP contribution in [0.25, 0.3) is 0 Å². The molecule has 8 N–H and O–H groups in total. The van der Waals surface area contributed by atoms with Crippen molar-refractivity contribution >= 4 is 30.2 Å². The Morgan fingerprint density at radius 1 is 1.15 bits per heavy atom. The Labute approximate surface area is 244 Å². The summed E-state index contributed by atoms with van der Waals surface area (Å²) in [6.45, 7) is 5.13. The standard InChI is InChI=1S/C26H43N3O8S.CH2O2/c1-13(2)9-14-7-8-36-22-15(10-14)12-29(26(34)35)18(22)24(33)28-17-6-4-3-5-16(11-27)38-25-21(32)19(30)20(31)23(17)37-25;2-1-3/h3-4,13-23,25,30-32H,5-12,27H2,1-2H3,(H,28,33)(H,34,35);1H,(H,2,3)/t14-,15-,16-,17+,18-,19-,20+,21+,22+,23+,25+;/m0./s1. The summed E-state index contributed by atoms with van der Waals surface area (Å²) in [7, 11) is 0. The zero-order valence-corrected chi connectivity index (χ0v) is 24.3. The van der Waals surface area contributed by atoms with Crippen LogP contribution in [0.4, 0.5) is 4.79 Å². The molecular weight excluding hydrogens is 558 g/mol. The van der Waals surface area contributed by atoms with Gasteiger partial charge in [-0.15, -0.1) is 11.8 Å². The molecule has 14 heteroatoms. The summed E-state index contributed by atoms with van der Waals surface area (Å²) >= 11 is 1.29. The molecule has 0 saturated carbocycles. The minimum Gasteiger partial charge on any atom is -0.483 e. The average molecular weight is 604 g/mol. The number of nitrogens with zero attached hydrogens (tertiary/aromatic N) is 1. The van der Waals surface area contributed by atoms with Gasteiger partial charge in [-0.3, -0.25) is 14.5 Å². The summed E-state index contributed by atoms with van der Waals surface area (Å²) in [5.41, 5.74) is 5.02. The summed E-state index contributed by atoms with van der Waals surface area (Å²) in [6, 6.07) is -1.79. The maximum atomic E-state index is 13.7. The molecule has 0 radical (unpaired) electrons. The summed E-state index contributed by atoms with van der Waals surface area (Å²) < 4.78 is 12.2. The Morgan fingerprint density at radius 2 is 1.83 bits per heavy atom. The molecule has 0 unspecified atom stereocenters. The minimum absolute atomic E-state index is 0.0495. The first kappa shape index (κ1) is 33.6. The van der Waals surface area contributed by atoms with E-state index in [1.54, 1.807) is 0 Å². The molecule has 2 amide bonds. The second-order valence-corrected chi connectivity index (χ2v) is 13.0. The van der Waals surface area contributed by atoms with Crippen LogP contribution in [-0.2, 0) is 19.1 Å². The number of nitrogens with one attached hydrogen (secondary N) is 1. The second-order valence-electron chi connectivity index (χ2n) is 11.6. The maximum absolute atomic E-state index is 13.7. The molecule has 0 aromatic rings. The maximum Gasteiger partial charge on any atom is 0.408 e. The molecule has 4 heterocycles. The first-order valence-electron chi connectivity index (χ1n) is 14.2. The molecule has 3 fully saturated rings. The molecular formula is C27H45N3O10S. The summed E-state index contributed by atoms with van der Waals surface area (Å²) in [5.74, 6) is 0.334. The third-order valence-corrected chi connectivity index (χ3v) is 9.64. The largest absolute Gasteiger partial charge is 0.483 e. The van der Waals surface area contributed by atoms with Gasteiger partial charge in [0.1, 0.15) is 35.9 Å². The van der Waals surface area contributed by atoms with Crippen molar-refractivity contribution in [2.24, 2.45) is 23.5 Å². The normalized spacial score (nSPS) is 39.1. The fraction of sp³-hybridized carbons (Fsp3) is 0.815. The predicted octanol–water partition coefficient (Wildman–Crippen LogP) is 0.210. The summed E-state index contributed by atoms with van der Waals surface area (Å²) in [4.78, 5) is 35.4. The highest BCUT2D eigenvalue weighted by molar-refractivity contribution is 8.00. The number of nitrogens with two attached hydrogens (primary N) is 1. The zero-order chi connectivity index (χ0) is 30.3. The number of ether oxygens (including phenoxy) is 2. The Bertz CT molecular complexity index is 911. The van der Waals surface area contributed by atoms with Crippen molar-refractivity contribution in [3.63, 3.8) is 0 Å². The van der Waals surface area contributed by atoms with Crippen molar-refractivity contribution in [1.29, 1.82) is 0 Å². The van der Waals surface area contributed by atoms with Crippen molar-refractivity contribution in [3.05, 3.63) is 12.2 Å². The zero-order valence-electron chi connectivity index (χ0n) is 23.5. The lowest BCUT2D eigenvalue weighted by molar-refractivity contribution is -0.205. The van der Waals surface area contributed by atoms with Crippen LogP contribution in [0.15, 0.2) is 12.2 Å². The van der Waals surface area contributed by atoms with Gasteiger partial charge in [0.15, 0.2) is 0 Å². The smallest absolute Gasteiger partial charge is 0.408 e. The second kappa shape index (κ2) is 15.5. The van der Waals surface area contributed by atoms with Crippen LogP contribution >= 0.6 is 11.8 Å². The SMILES string of the molecule is CC(C)C[C@@H]1CCO[C@@H]2[C@@H](C1)CN(C(=O)O)[C@@H]2C(=O)N[C@@H]1CC=CC[C@@H](CN)S[C@H]2O[C@H]1[C@H](O)[C@H](O)[C@H]2O.O=CO.